The molecule has 1 rings (SSSR count). The van der Waals surface area contributed by atoms with E-state index in [4.69, 9.17) is 4.74 Å². The lowest BCUT2D eigenvalue weighted by atomic mass is 10.3. The maximum atomic E-state index is 5.02. The van der Waals surface area contributed by atoms with E-state index in [-0.39, 0.29) is 0 Å². The first kappa shape index (κ1) is 15.0. The number of aryl methyl sites for hydroxylation is 1. The average molecular weight is 254 g/mol. The number of methoxy groups -OCH3 is 1. The summed E-state index contributed by atoms with van der Waals surface area (Å²) >= 11 is 0. The number of hydrogen-bond acceptors (Lipinski definition) is 4. The Morgan fingerprint density at radius 2 is 2.17 bits per heavy atom. The van der Waals surface area contributed by atoms with Gasteiger partial charge in [-0.15, -0.1) is 0 Å². The summed E-state index contributed by atoms with van der Waals surface area (Å²) in [6.07, 6.45) is 5.01. The van der Waals surface area contributed by atoms with E-state index in [2.05, 4.69) is 33.6 Å². The van der Waals surface area contributed by atoms with Crippen LogP contribution in [0.5, 0.6) is 0 Å². The Morgan fingerprint density at radius 1 is 1.39 bits per heavy atom. The highest BCUT2D eigenvalue weighted by molar-refractivity contribution is 5.25. The van der Waals surface area contributed by atoms with Crippen LogP contribution in [0.2, 0.25) is 0 Å². The smallest absolute Gasteiger partial charge is 0.202 e. The topological polar surface area (TPSA) is 42.3 Å². The Balaban J connectivity index is 2.31. The standard InChI is InChI=1S/C13H26N4O/c1-4-16(5-2)9-6-10-17-11-7-14-13(17)15-8-12-18-3/h7,11H,4-6,8-10,12H2,1-3H3,(H,14,15). The van der Waals surface area contributed by atoms with Crippen molar-refractivity contribution in [2.24, 2.45) is 0 Å². The van der Waals surface area contributed by atoms with Gasteiger partial charge in [-0.25, -0.2) is 4.98 Å². The Labute approximate surface area is 110 Å². The summed E-state index contributed by atoms with van der Waals surface area (Å²) in [6.45, 7) is 10.3. The molecule has 0 saturated heterocycles. The highest BCUT2D eigenvalue weighted by atomic mass is 16.5. The third-order valence-corrected chi connectivity index (χ3v) is 3.07. The number of hydrogen-bond donors (Lipinski definition) is 1. The van der Waals surface area contributed by atoms with E-state index in [0.29, 0.717) is 6.61 Å². The molecule has 0 aliphatic rings. The van der Waals surface area contributed by atoms with Crippen LogP contribution in [0.15, 0.2) is 12.4 Å². The van der Waals surface area contributed by atoms with Crippen molar-refractivity contribution in [3.63, 3.8) is 0 Å². The van der Waals surface area contributed by atoms with E-state index in [1.807, 2.05) is 12.4 Å². The molecule has 0 unspecified atom stereocenters. The average Bonchev–Trinajstić information content (AvgIpc) is 2.83. The number of imidazole rings is 1. The lowest BCUT2D eigenvalue weighted by Gasteiger charge is -2.18. The Bertz CT molecular complexity index is 310. The van der Waals surface area contributed by atoms with Crippen LogP contribution in [-0.2, 0) is 11.3 Å². The van der Waals surface area contributed by atoms with Crippen molar-refractivity contribution in [3.05, 3.63) is 12.4 Å². The van der Waals surface area contributed by atoms with Crippen molar-refractivity contribution in [3.8, 4) is 0 Å². The van der Waals surface area contributed by atoms with Crippen LogP contribution in [-0.4, -0.2) is 54.3 Å². The van der Waals surface area contributed by atoms with Crippen molar-refractivity contribution in [2.45, 2.75) is 26.8 Å². The van der Waals surface area contributed by atoms with E-state index in [9.17, 15) is 0 Å². The fourth-order valence-electron chi connectivity index (χ4n) is 1.93. The van der Waals surface area contributed by atoms with Gasteiger partial charge in [0.1, 0.15) is 0 Å². The van der Waals surface area contributed by atoms with Gasteiger partial charge in [0.2, 0.25) is 5.95 Å². The van der Waals surface area contributed by atoms with E-state index in [1.165, 1.54) is 0 Å². The van der Waals surface area contributed by atoms with Crippen LogP contribution in [0.4, 0.5) is 5.95 Å². The van der Waals surface area contributed by atoms with Gasteiger partial charge in [0.15, 0.2) is 0 Å². The fourth-order valence-corrected chi connectivity index (χ4v) is 1.93. The third-order valence-electron chi connectivity index (χ3n) is 3.07. The molecule has 5 nitrogen and oxygen atoms in total. The molecule has 0 amide bonds. The predicted octanol–water partition coefficient (Wildman–Crippen LogP) is 1.67. The van der Waals surface area contributed by atoms with Crippen LogP contribution in [0.1, 0.15) is 20.3 Å². The molecule has 1 N–H and O–H groups in total. The molecule has 0 aliphatic heterocycles. The van der Waals surface area contributed by atoms with Crippen LogP contribution in [0, 0.1) is 0 Å². The normalized spacial score (nSPS) is 11.1. The maximum Gasteiger partial charge on any atom is 0.202 e. The first-order valence-electron chi connectivity index (χ1n) is 6.78. The summed E-state index contributed by atoms with van der Waals surface area (Å²) in [4.78, 5) is 6.75. The molecule has 0 radical (unpaired) electrons. The monoisotopic (exact) mass is 254 g/mol. The van der Waals surface area contributed by atoms with Gasteiger partial charge >= 0.3 is 0 Å². The maximum absolute atomic E-state index is 5.02. The lowest BCUT2D eigenvalue weighted by molar-refractivity contribution is 0.210. The fraction of sp³-hybridized carbons (Fsp3) is 0.769. The molecule has 1 aromatic heterocycles. The summed E-state index contributed by atoms with van der Waals surface area (Å²) in [6, 6.07) is 0. The molecule has 1 aromatic rings. The molecule has 0 atom stereocenters. The van der Waals surface area contributed by atoms with Crippen molar-refractivity contribution in [2.75, 3.05) is 45.2 Å². The first-order chi connectivity index (χ1) is 8.81. The van der Waals surface area contributed by atoms with Gasteiger partial charge < -0.3 is 19.5 Å². The van der Waals surface area contributed by atoms with Crippen molar-refractivity contribution in [1.29, 1.82) is 0 Å². The van der Waals surface area contributed by atoms with Crippen molar-refractivity contribution < 1.29 is 4.74 Å². The van der Waals surface area contributed by atoms with Crippen LogP contribution in [0.3, 0.4) is 0 Å². The molecule has 0 fully saturated rings. The van der Waals surface area contributed by atoms with E-state index in [1.54, 1.807) is 7.11 Å². The summed E-state index contributed by atoms with van der Waals surface area (Å²) in [5.74, 6) is 0.937. The highest BCUT2D eigenvalue weighted by Crippen LogP contribution is 2.05. The van der Waals surface area contributed by atoms with Crippen LogP contribution in [0.25, 0.3) is 0 Å². The largest absolute Gasteiger partial charge is 0.383 e. The number of anilines is 1. The summed E-state index contributed by atoms with van der Waals surface area (Å²) in [5.41, 5.74) is 0. The zero-order chi connectivity index (χ0) is 13.2. The minimum Gasteiger partial charge on any atom is -0.383 e. The van der Waals surface area contributed by atoms with Crippen molar-refractivity contribution in [1.82, 2.24) is 14.5 Å². The number of ether oxygens (including phenoxy) is 1. The zero-order valence-corrected chi connectivity index (χ0v) is 11.9. The lowest BCUT2D eigenvalue weighted by Crippen LogP contribution is -2.25. The predicted molar refractivity (Wildman–Crippen MR) is 75.0 cm³/mol. The zero-order valence-electron chi connectivity index (χ0n) is 11.9. The summed E-state index contributed by atoms with van der Waals surface area (Å²) in [5, 5.41) is 3.27. The molecular formula is C13H26N4O. The van der Waals surface area contributed by atoms with Gasteiger partial charge in [0.05, 0.1) is 6.61 Å². The van der Waals surface area contributed by atoms with E-state index in [0.717, 1.165) is 45.1 Å². The second kappa shape index (κ2) is 8.94. The van der Waals surface area contributed by atoms with Crippen molar-refractivity contribution >= 4 is 5.95 Å². The molecule has 18 heavy (non-hydrogen) atoms. The molecule has 0 saturated carbocycles. The number of aromatic nitrogens is 2. The van der Waals surface area contributed by atoms with Gasteiger partial charge in [-0.05, 0) is 26.1 Å². The highest BCUT2D eigenvalue weighted by Gasteiger charge is 2.03. The molecule has 0 aliphatic carbocycles. The van der Waals surface area contributed by atoms with E-state index < -0.39 is 0 Å². The van der Waals surface area contributed by atoms with Crippen LogP contribution >= 0.6 is 0 Å². The van der Waals surface area contributed by atoms with E-state index >= 15 is 0 Å². The van der Waals surface area contributed by atoms with Gasteiger partial charge in [-0.3, -0.25) is 0 Å². The summed E-state index contributed by atoms with van der Waals surface area (Å²) in [7, 11) is 1.71. The second-order valence-electron chi connectivity index (χ2n) is 4.24. The quantitative estimate of drug-likeness (QED) is 0.645. The Kier molecular flexibility index (Phi) is 7.44. The molecule has 1 heterocycles. The molecular weight excluding hydrogens is 228 g/mol. The molecule has 0 spiro atoms. The Morgan fingerprint density at radius 3 is 2.83 bits per heavy atom. The molecule has 5 heteroatoms. The SMILES string of the molecule is CCN(CC)CCCn1ccnc1NCCOC. The number of rotatable bonds is 10. The first-order valence-corrected chi connectivity index (χ1v) is 6.78. The second-order valence-corrected chi connectivity index (χ2v) is 4.24. The van der Waals surface area contributed by atoms with Gasteiger partial charge in [-0.1, -0.05) is 13.8 Å². The van der Waals surface area contributed by atoms with Gasteiger partial charge in [0.25, 0.3) is 0 Å². The third kappa shape index (κ3) is 5.06. The molecule has 0 aromatic carbocycles. The summed E-state index contributed by atoms with van der Waals surface area (Å²) < 4.78 is 7.18. The van der Waals surface area contributed by atoms with Gasteiger partial charge in [0, 0.05) is 32.6 Å². The number of nitrogens with one attached hydrogen (secondary N) is 1. The minimum absolute atomic E-state index is 0.701. The van der Waals surface area contributed by atoms with Gasteiger partial charge in [-0.2, -0.15) is 0 Å². The minimum atomic E-state index is 0.701. The Hall–Kier alpha value is -1.07. The van der Waals surface area contributed by atoms with Crippen LogP contribution < -0.4 is 5.32 Å². The molecule has 104 valence electrons. The molecule has 0 bridgehead atoms. The number of nitrogens with zero attached hydrogens (tertiary/aromatic N) is 3.